The van der Waals surface area contributed by atoms with Crippen LogP contribution in [-0.4, -0.2) is 50.1 Å². The Morgan fingerprint density at radius 1 is 1.04 bits per heavy atom. The lowest BCUT2D eigenvalue weighted by Crippen LogP contribution is -2.30. The number of carbonyl (C=O) groups is 2. The molecule has 0 fully saturated rings. The number of aromatic hydroxyl groups is 2. The summed E-state index contributed by atoms with van der Waals surface area (Å²) in [4.78, 5) is 19.1. The van der Waals surface area contributed by atoms with Crippen molar-refractivity contribution in [3.63, 3.8) is 0 Å². The molecule has 152 valence electrons. The van der Waals surface area contributed by atoms with E-state index in [4.69, 9.17) is 10.2 Å². The van der Waals surface area contributed by atoms with Crippen LogP contribution in [0.1, 0.15) is 51.2 Å². The smallest absolute Gasteiger partial charge is 0.328 e. The molecule has 0 aliphatic rings. The number of phenolic OH excluding ortho intramolecular Hbond substituents is 2. The molecule has 6 N–H and O–H groups in total. The van der Waals surface area contributed by atoms with Crippen molar-refractivity contribution in [2.24, 2.45) is 0 Å². The van der Waals surface area contributed by atoms with Crippen LogP contribution in [0.2, 0.25) is 0 Å². The van der Waals surface area contributed by atoms with Crippen LogP contribution in [0.5, 0.6) is 11.5 Å². The fourth-order valence-electron chi connectivity index (χ4n) is 2.19. The van der Waals surface area contributed by atoms with Gasteiger partial charge >= 0.3 is 11.9 Å². The van der Waals surface area contributed by atoms with Gasteiger partial charge in [0.25, 0.3) is 0 Å². The summed E-state index contributed by atoms with van der Waals surface area (Å²) in [5, 5.41) is 47.6. The molecule has 1 aromatic rings. The summed E-state index contributed by atoms with van der Waals surface area (Å²) in [7, 11) is 0. The standard InChI is InChI=1S/C15H25NO3.C4H4O4/c1-3-4-5-6-11(2)16-10-15(19)12-7-13(17)9-14(18)8-12;5-3(6)1-2-4(7)8/h7-9,11,15-19H,3-6,10H2,1-2H3;1-2H,(H,5,6)(H,7,8). The quantitative estimate of drug-likeness (QED) is 0.267. The highest BCUT2D eigenvalue weighted by Gasteiger charge is 2.11. The maximum Gasteiger partial charge on any atom is 0.328 e. The molecule has 8 heteroatoms. The fraction of sp³-hybridized carbons (Fsp3) is 0.474. The van der Waals surface area contributed by atoms with Gasteiger partial charge in [0.05, 0.1) is 6.10 Å². The lowest BCUT2D eigenvalue weighted by atomic mass is 10.1. The number of carboxylic acid groups (broad SMARTS) is 2. The second kappa shape index (κ2) is 13.6. The van der Waals surface area contributed by atoms with Crippen molar-refractivity contribution in [1.29, 1.82) is 0 Å². The zero-order valence-electron chi connectivity index (χ0n) is 15.6. The zero-order chi connectivity index (χ0) is 20.8. The maximum absolute atomic E-state index is 10.0. The third kappa shape index (κ3) is 13.3. The Labute approximate surface area is 158 Å². The van der Waals surface area contributed by atoms with Gasteiger partial charge in [-0.3, -0.25) is 0 Å². The number of aliphatic carboxylic acids is 2. The van der Waals surface area contributed by atoms with Crippen LogP contribution in [0.4, 0.5) is 0 Å². The van der Waals surface area contributed by atoms with E-state index in [1.807, 2.05) is 0 Å². The van der Waals surface area contributed by atoms with E-state index >= 15 is 0 Å². The molecule has 0 radical (unpaired) electrons. The molecule has 1 aromatic carbocycles. The molecular weight excluding hydrogens is 354 g/mol. The molecule has 8 nitrogen and oxygen atoms in total. The van der Waals surface area contributed by atoms with E-state index in [1.165, 1.54) is 37.5 Å². The van der Waals surface area contributed by atoms with Crippen molar-refractivity contribution in [1.82, 2.24) is 5.32 Å². The minimum Gasteiger partial charge on any atom is -0.508 e. The molecule has 2 atom stereocenters. The average Bonchev–Trinajstić information content (AvgIpc) is 2.58. The number of aliphatic hydroxyl groups is 1. The summed E-state index contributed by atoms with van der Waals surface area (Å²) in [6, 6.07) is 4.53. The first-order chi connectivity index (χ1) is 12.6. The van der Waals surface area contributed by atoms with E-state index in [-0.39, 0.29) is 11.5 Å². The van der Waals surface area contributed by atoms with Crippen LogP contribution in [0, 0.1) is 0 Å². The van der Waals surface area contributed by atoms with E-state index in [2.05, 4.69) is 19.2 Å². The molecule has 0 aliphatic carbocycles. The number of carboxylic acids is 2. The third-order valence-corrected chi connectivity index (χ3v) is 3.58. The minimum atomic E-state index is -1.26. The molecule has 0 bridgehead atoms. The van der Waals surface area contributed by atoms with Gasteiger partial charge in [0, 0.05) is 30.8 Å². The van der Waals surface area contributed by atoms with Crippen molar-refractivity contribution in [2.75, 3.05) is 6.54 Å². The summed E-state index contributed by atoms with van der Waals surface area (Å²) in [5.74, 6) is -2.59. The normalized spacial score (nSPS) is 12.9. The van der Waals surface area contributed by atoms with Gasteiger partial charge in [0.2, 0.25) is 0 Å². The first-order valence-electron chi connectivity index (χ1n) is 8.74. The number of phenols is 2. The summed E-state index contributed by atoms with van der Waals surface area (Å²) >= 11 is 0. The van der Waals surface area contributed by atoms with Gasteiger partial charge in [-0.15, -0.1) is 0 Å². The monoisotopic (exact) mass is 383 g/mol. The second-order valence-corrected chi connectivity index (χ2v) is 6.11. The SMILES string of the molecule is CCCCCC(C)NCC(O)c1cc(O)cc(O)c1.O=C(O)C=CC(=O)O. The predicted molar refractivity (Wildman–Crippen MR) is 101 cm³/mol. The minimum absolute atomic E-state index is 0.0370. The highest BCUT2D eigenvalue weighted by molar-refractivity contribution is 5.89. The summed E-state index contributed by atoms with van der Waals surface area (Å²) in [6.45, 7) is 4.69. The Balaban J connectivity index is 0.000000713. The summed E-state index contributed by atoms with van der Waals surface area (Å²) in [6.07, 6.45) is 5.10. The topological polar surface area (TPSA) is 147 Å². The van der Waals surface area contributed by atoms with Gasteiger partial charge in [0.1, 0.15) is 11.5 Å². The van der Waals surface area contributed by atoms with E-state index in [0.29, 0.717) is 30.3 Å². The Kier molecular flexibility index (Phi) is 12.3. The van der Waals surface area contributed by atoms with Gasteiger partial charge in [0.15, 0.2) is 0 Å². The van der Waals surface area contributed by atoms with Crippen molar-refractivity contribution in [3.8, 4) is 11.5 Å². The number of hydrogen-bond donors (Lipinski definition) is 6. The predicted octanol–water partition coefficient (Wildman–Crippen LogP) is 2.40. The number of unbranched alkanes of at least 4 members (excludes halogenated alkanes) is 2. The first-order valence-corrected chi connectivity index (χ1v) is 8.74. The van der Waals surface area contributed by atoms with Crippen LogP contribution in [-0.2, 0) is 9.59 Å². The number of aliphatic hydroxyl groups excluding tert-OH is 1. The van der Waals surface area contributed by atoms with Crippen LogP contribution in [0.3, 0.4) is 0 Å². The van der Waals surface area contributed by atoms with Crippen molar-refractivity contribution in [3.05, 3.63) is 35.9 Å². The molecule has 0 saturated heterocycles. The van der Waals surface area contributed by atoms with E-state index in [9.17, 15) is 24.9 Å². The molecule has 0 amide bonds. The third-order valence-electron chi connectivity index (χ3n) is 3.58. The fourth-order valence-corrected chi connectivity index (χ4v) is 2.19. The molecule has 27 heavy (non-hydrogen) atoms. The number of nitrogens with one attached hydrogen (secondary N) is 1. The highest BCUT2D eigenvalue weighted by atomic mass is 16.4. The lowest BCUT2D eigenvalue weighted by molar-refractivity contribution is -0.134. The molecule has 0 aromatic heterocycles. The van der Waals surface area contributed by atoms with E-state index in [0.717, 1.165) is 6.42 Å². The largest absolute Gasteiger partial charge is 0.508 e. The molecular formula is C19H29NO7. The van der Waals surface area contributed by atoms with E-state index < -0.39 is 18.0 Å². The van der Waals surface area contributed by atoms with Crippen LogP contribution < -0.4 is 5.32 Å². The maximum atomic E-state index is 10.0. The average molecular weight is 383 g/mol. The Morgan fingerprint density at radius 3 is 2.00 bits per heavy atom. The van der Waals surface area contributed by atoms with Crippen molar-refractivity contribution in [2.45, 2.75) is 51.7 Å². The van der Waals surface area contributed by atoms with Gasteiger partial charge < -0.3 is 30.8 Å². The molecule has 0 heterocycles. The number of benzene rings is 1. The summed E-state index contributed by atoms with van der Waals surface area (Å²) < 4.78 is 0. The number of rotatable bonds is 10. The van der Waals surface area contributed by atoms with Crippen molar-refractivity contribution >= 4 is 11.9 Å². The molecule has 0 aliphatic heterocycles. The zero-order valence-corrected chi connectivity index (χ0v) is 15.6. The molecule has 0 spiro atoms. The van der Waals surface area contributed by atoms with Gasteiger partial charge in [-0.1, -0.05) is 26.2 Å². The highest BCUT2D eigenvalue weighted by Crippen LogP contribution is 2.24. The van der Waals surface area contributed by atoms with Crippen LogP contribution in [0.25, 0.3) is 0 Å². The van der Waals surface area contributed by atoms with Gasteiger partial charge in [-0.2, -0.15) is 0 Å². The van der Waals surface area contributed by atoms with Crippen LogP contribution in [0.15, 0.2) is 30.4 Å². The molecule has 1 rings (SSSR count). The Hall–Kier alpha value is -2.58. The van der Waals surface area contributed by atoms with Gasteiger partial charge in [-0.05, 0) is 31.0 Å². The van der Waals surface area contributed by atoms with Crippen molar-refractivity contribution < 1.29 is 35.1 Å². The van der Waals surface area contributed by atoms with E-state index in [1.54, 1.807) is 0 Å². The van der Waals surface area contributed by atoms with Crippen LogP contribution >= 0.6 is 0 Å². The lowest BCUT2D eigenvalue weighted by Gasteiger charge is -2.17. The summed E-state index contributed by atoms with van der Waals surface area (Å²) in [5.41, 5.74) is 0.519. The molecule has 0 saturated carbocycles. The first kappa shape index (κ1) is 24.4. The molecule has 2 unspecified atom stereocenters. The Morgan fingerprint density at radius 2 is 1.56 bits per heavy atom. The number of hydrogen-bond acceptors (Lipinski definition) is 6. The van der Waals surface area contributed by atoms with Gasteiger partial charge in [-0.25, -0.2) is 9.59 Å². The second-order valence-electron chi connectivity index (χ2n) is 6.11. The Bertz CT molecular complexity index is 580.